The number of aryl methyl sites for hydroxylation is 3. The van der Waals surface area contributed by atoms with Gasteiger partial charge in [0, 0.05) is 42.1 Å². The lowest BCUT2D eigenvalue weighted by molar-refractivity contribution is 0.0512. The van der Waals surface area contributed by atoms with E-state index in [0.29, 0.717) is 50.8 Å². The standard InChI is InChI=1S/C34H37N3O5/c1-3-41-34(39)33-26(16-10-20-42-30-17-8-12-23-11-4-5-13-24(23)30)25-14-9-15-27-31-28(21-38)35-36(2)29(31)22-40-19-7-6-18-37(33)32(25)27/h4-5,8-9,11-15,17,38H,3,6-7,10,16,18-22H2,1-2H3. The molecule has 0 saturated carbocycles. The molecule has 218 valence electrons. The highest BCUT2D eigenvalue weighted by molar-refractivity contribution is 6.05. The molecule has 0 unspecified atom stereocenters. The Bertz CT molecular complexity index is 1730. The first-order valence-electron chi connectivity index (χ1n) is 14.8. The molecule has 2 aromatic heterocycles. The summed E-state index contributed by atoms with van der Waals surface area (Å²) < 4.78 is 21.8. The zero-order valence-corrected chi connectivity index (χ0v) is 24.3. The van der Waals surface area contributed by atoms with Gasteiger partial charge in [-0.15, -0.1) is 0 Å². The van der Waals surface area contributed by atoms with Gasteiger partial charge in [0.25, 0.3) is 0 Å². The number of carbonyl (C=O) groups excluding carboxylic acids is 1. The first kappa shape index (κ1) is 28.0. The highest BCUT2D eigenvalue weighted by Crippen LogP contribution is 2.39. The van der Waals surface area contributed by atoms with Crippen molar-refractivity contribution in [2.75, 3.05) is 19.8 Å². The molecule has 5 aromatic rings. The minimum Gasteiger partial charge on any atom is -0.493 e. The maximum Gasteiger partial charge on any atom is 0.355 e. The van der Waals surface area contributed by atoms with Crippen LogP contribution in [0, 0.1) is 0 Å². The second kappa shape index (κ2) is 12.4. The maximum atomic E-state index is 13.6. The van der Waals surface area contributed by atoms with Gasteiger partial charge in [0.1, 0.15) is 11.4 Å². The van der Waals surface area contributed by atoms with Gasteiger partial charge in [-0.05, 0) is 49.6 Å². The summed E-state index contributed by atoms with van der Waals surface area (Å²) in [4.78, 5) is 13.6. The lowest BCUT2D eigenvalue weighted by Gasteiger charge is -2.13. The molecule has 3 heterocycles. The van der Waals surface area contributed by atoms with Crippen molar-refractivity contribution >= 4 is 27.6 Å². The van der Waals surface area contributed by atoms with Crippen molar-refractivity contribution in [2.45, 2.75) is 52.4 Å². The van der Waals surface area contributed by atoms with Gasteiger partial charge in [-0.2, -0.15) is 5.10 Å². The second-order valence-electron chi connectivity index (χ2n) is 10.6. The number of esters is 1. The quantitative estimate of drug-likeness (QED) is 0.178. The fraction of sp³-hybridized carbons (Fsp3) is 0.353. The number of ether oxygens (including phenoxy) is 3. The third-order valence-electron chi connectivity index (χ3n) is 8.05. The molecular formula is C34H37N3O5. The van der Waals surface area contributed by atoms with Crippen molar-refractivity contribution in [3.63, 3.8) is 0 Å². The fourth-order valence-corrected chi connectivity index (χ4v) is 6.19. The van der Waals surface area contributed by atoms with Crippen molar-refractivity contribution < 1.29 is 24.1 Å². The Morgan fingerprint density at radius 3 is 2.71 bits per heavy atom. The topological polar surface area (TPSA) is 87.7 Å². The minimum absolute atomic E-state index is 0.191. The van der Waals surface area contributed by atoms with Gasteiger partial charge in [-0.1, -0.05) is 54.6 Å². The highest BCUT2D eigenvalue weighted by Gasteiger charge is 2.28. The van der Waals surface area contributed by atoms with Gasteiger partial charge < -0.3 is 23.9 Å². The van der Waals surface area contributed by atoms with Crippen molar-refractivity contribution in [1.82, 2.24) is 14.3 Å². The summed E-state index contributed by atoms with van der Waals surface area (Å²) in [5.74, 6) is 0.547. The first-order valence-corrected chi connectivity index (χ1v) is 14.8. The molecule has 0 atom stereocenters. The summed E-state index contributed by atoms with van der Waals surface area (Å²) in [5, 5.41) is 18.1. The number of aliphatic hydroxyl groups is 1. The number of para-hydroxylation sites is 1. The monoisotopic (exact) mass is 567 g/mol. The average Bonchev–Trinajstić information content (AvgIpc) is 3.49. The number of hydrogen-bond donors (Lipinski definition) is 1. The van der Waals surface area contributed by atoms with Crippen LogP contribution in [-0.2, 0) is 42.7 Å². The largest absolute Gasteiger partial charge is 0.493 e. The second-order valence-corrected chi connectivity index (χ2v) is 10.6. The Morgan fingerprint density at radius 2 is 1.86 bits per heavy atom. The summed E-state index contributed by atoms with van der Waals surface area (Å²) in [6, 6.07) is 20.5. The van der Waals surface area contributed by atoms with E-state index in [2.05, 4.69) is 40.0 Å². The molecule has 0 amide bonds. The van der Waals surface area contributed by atoms with E-state index in [0.717, 1.165) is 69.1 Å². The molecule has 8 heteroatoms. The lowest BCUT2D eigenvalue weighted by atomic mass is 9.98. The minimum atomic E-state index is -0.315. The van der Waals surface area contributed by atoms with Crippen molar-refractivity contribution in [1.29, 1.82) is 0 Å². The van der Waals surface area contributed by atoms with E-state index in [1.165, 1.54) is 0 Å². The van der Waals surface area contributed by atoms with Gasteiger partial charge in [0.2, 0.25) is 0 Å². The normalized spacial score (nSPS) is 13.6. The lowest BCUT2D eigenvalue weighted by Crippen LogP contribution is -2.15. The molecule has 0 saturated heterocycles. The van der Waals surface area contributed by atoms with Gasteiger partial charge >= 0.3 is 5.97 Å². The Kier molecular flexibility index (Phi) is 8.26. The highest BCUT2D eigenvalue weighted by atomic mass is 16.5. The van der Waals surface area contributed by atoms with E-state index in [-0.39, 0.29) is 12.6 Å². The zero-order chi connectivity index (χ0) is 29.1. The summed E-state index contributed by atoms with van der Waals surface area (Å²) in [6.45, 7) is 4.12. The van der Waals surface area contributed by atoms with Crippen molar-refractivity contribution in [2.24, 2.45) is 7.05 Å². The zero-order valence-electron chi connectivity index (χ0n) is 24.3. The van der Waals surface area contributed by atoms with Crippen molar-refractivity contribution in [3.8, 4) is 16.9 Å². The molecular weight excluding hydrogens is 530 g/mol. The number of rotatable bonds is 8. The van der Waals surface area contributed by atoms with E-state index in [4.69, 9.17) is 14.2 Å². The summed E-state index contributed by atoms with van der Waals surface area (Å²) in [6.07, 6.45) is 3.10. The SMILES string of the molecule is CCOC(=O)c1c(CCCOc2cccc3ccccc23)c2cccc3c2n1CCCCOCc1c-3c(CO)nn1C. The van der Waals surface area contributed by atoms with Crippen molar-refractivity contribution in [3.05, 3.63) is 83.3 Å². The van der Waals surface area contributed by atoms with Crippen LogP contribution in [0.4, 0.5) is 0 Å². The fourth-order valence-electron chi connectivity index (χ4n) is 6.19. The van der Waals surface area contributed by atoms with E-state index in [1.54, 1.807) is 4.68 Å². The Morgan fingerprint density at radius 1 is 1.05 bits per heavy atom. The molecule has 0 fully saturated rings. The number of aromatic nitrogens is 3. The molecule has 8 nitrogen and oxygen atoms in total. The molecule has 3 aromatic carbocycles. The smallest absolute Gasteiger partial charge is 0.355 e. The molecule has 0 bridgehead atoms. The van der Waals surface area contributed by atoms with E-state index >= 15 is 0 Å². The van der Waals surface area contributed by atoms with E-state index < -0.39 is 0 Å². The summed E-state index contributed by atoms with van der Waals surface area (Å²) >= 11 is 0. The number of nitrogens with zero attached hydrogens (tertiary/aromatic N) is 3. The predicted octanol–water partition coefficient (Wildman–Crippen LogP) is 6.19. The molecule has 0 spiro atoms. The van der Waals surface area contributed by atoms with Crippen LogP contribution < -0.4 is 4.74 Å². The maximum absolute atomic E-state index is 13.6. The molecule has 1 aliphatic heterocycles. The van der Waals surface area contributed by atoms with Gasteiger partial charge in [-0.25, -0.2) is 4.79 Å². The third-order valence-corrected chi connectivity index (χ3v) is 8.05. The summed E-state index contributed by atoms with van der Waals surface area (Å²) in [5.41, 5.74) is 5.84. The first-order chi connectivity index (χ1) is 20.6. The number of hydrogen-bond acceptors (Lipinski definition) is 6. The van der Waals surface area contributed by atoms with Crippen LogP contribution in [0.5, 0.6) is 5.75 Å². The molecule has 0 radical (unpaired) electrons. The van der Waals surface area contributed by atoms with E-state index in [1.807, 2.05) is 44.3 Å². The Balaban J connectivity index is 1.43. The molecule has 0 aliphatic carbocycles. The van der Waals surface area contributed by atoms with Crippen LogP contribution in [0.15, 0.2) is 60.7 Å². The number of fused-ring (bicyclic) bond motifs is 3. The molecule has 1 N–H and O–H groups in total. The number of carbonyl (C=O) groups is 1. The van der Waals surface area contributed by atoms with Crippen LogP contribution in [0.3, 0.4) is 0 Å². The Hall–Kier alpha value is -4.14. The molecule has 42 heavy (non-hydrogen) atoms. The average molecular weight is 568 g/mol. The summed E-state index contributed by atoms with van der Waals surface area (Å²) in [7, 11) is 1.88. The van der Waals surface area contributed by atoms with Crippen LogP contribution in [-0.4, -0.2) is 45.2 Å². The third kappa shape index (κ3) is 5.16. The number of aliphatic hydroxyl groups excluding tert-OH is 1. The van der Waals surface area contributed by atoms with Crippen LogP contribution in [0.25, 0.3) is 32.8 Å². The predicted molar refractivity (Wildman–Crippen MR) is 163 cm³/mol. The molecule has 6 rings (SSSR count). The van der Waals surface area contributed by atoms with E-state index in [9.17, 15) is 9.90 Å². The van der Waals surface area contributed by atoms with Crippen LogP contribution in [0.1, 0.15) is 53.6 Å². The van der Waals surface area contributed by atoms with Gasteiger partial charge in [0.15, 0.2) is 0 Å². The van der Waals surface area contributed by atoms with Crippen LogP contribution >= 0.6 is 0 Å². The molecule has 1 aliphatic rings. The van der Waals surface area contributed by atoms with Crippen LogP contribution in [0.2, 0.25) is 0 Å². The Labute approximate surface area is 245 Å². The van der Waals surface area contributed by atoms with Gasteiger partial charge in [0.05, 0.1) is 43.3 Å². The number of benzene rings is 3. The van der Waals surface area contributed by atoms with Gasteiger partial charge in [-0.3, -0.25) is 4.68 Å².